The molecule has 1 aromatic heterocycles. The third-order valence-electron chi connectivity index (χ3n) is 11.3. The van der Waals surface area contributed by atoms with E-state index in [1.807, 2.05) is 30.3 Å². The molecule has 0 amide bonds. The fourth-order valence-corrected chi connectivity index (χ4v) is 9.18. The van der Waals surface area contributed by atoms with E-state index in [0.717, 1.165) is 42.6 Å². The smallest absolute Gasteiger partial charge is 0.352 e. The quantitative estimate of drug-likeness (QED) is 0.379. The maximum absolute atomic E-state index is 14.0. The number of allylic oxidation sites excluding steroid dienone is 3. The highest BCUT2D eigenvalue weighted by Crippen LogP contribution is 2.60. The summed E-state index contributed by atoms with van der Waals surface area (Å²) in [6, 6.07) is 8.98. The van der Waals surface area contributed by atoms with E-state index in [1.54, 1.807) is 9.36 Å². The van der Waals surface area contributed by atoms with Gasteiger partial charge in [-0.2, -0.15) is 0 Å². The first-order valence-electron chi connectivity index (χ1n) is 16.3. The van der Waals surface area contributed by atoms with E-state index >= 15 is 0 Å². The van der Waals surface area contributed by atoms with Gasteiger partial charge in [0.2, 0.25) is 0 Å². The zero-order chi connectivity index (χ0) is 28.9. The van der Waals surface area contributed by atoms with Crippen LogP contribution in [0.3, 0.4) is 0 Å². The predicted octanol–water partition coefficient (Wildman–Crippen LogP) is 6.80. The van der Waals surface area contributed by atoms with Gasteiger partial charge >= 0.3 is 11.4 Å². The van der Waals surface area contributed by atoms with Crippen molar-refractivity contribution in [2.24, 2.45) is 29.1 Å². The molecule has 1 aromatic carbocycles. The van der Waals surface area contributed by atoms with Gasteiger partial charge in [0.05, 0.1) is 24.4 Å². The van der Waals surface area contributed by atoms with Crippen LogP contribution in [-0.2, 0) is 6.54 Å². The highest BCUT2D eigenvalue weighted by atomic mass is 16.3. The first-order valence-corrected chi connectivity index (χ1v) is 16.3. The lowest BCUT2D eigenvalue weighted by atomic mass is 9.60. The molecular weight excluding hydrogens is 510 g/mol. The Balaban J connectivity index is 1.38. The van der Waals surface area contributed by atoms with E-state index in [0.29, 0.717) is 30.0 Å². The summed E-state index contributed by atoms with van der Waals surface area (Å²) < 4.78 is 4.71. The molecule has 0 bridgehead atoms. The number of aliphatic hydroxyl groups is 1. The van der Waals surface area contributed by atoms with Crippen LogP contribution in [0.25, 0.3) is 5.69 Å². The fraction of sp³-hybridized carbons (Fsp3) is 0.657. The maximum atomic E-state index is 14.0. The molecule has 6 heteroatoms. The maximum Gasteiger partial charge on any atom is 0.352 e. The van der Waals surface area contributed by atoms with E-state index in [2.05, 4.69) is 33.8 Å². The number of fused-ring (bicyclic) bond motifs is 2. The molecule has 3 aliphatic carbocycles. The van der Waals surface area contributed by atoms with E-state index in [-0.39, 0.29) is 23.5 Å². The summed E-state index contributed by atoms with van der Waals surface area (Å²) in [4.78, 5) is 27.7. The average Bonchev–Trinajstić information content (AvgIpc) is 3.42. The van der Waals surface area contributed by atoms with Crippen molar-refractivity contribution in [2.75, 3.05) is 0 Å². The Morgan fingerprint density at radius 1 is 1.02 bits per heavy atom. The SMILES string of the molecule is CC(C)CCC[C@@H](C)[C@H]1CC[C@H]2/C(=C\[C@H]3C4=C(CC[C@H](O)C4)Cn4c(=O)n(-c5ccccc5)c(=O)n43)CCC[C@]12C. The molecule has 0 unspecified atom stereocenters. The Hall–Kier alpha value is -2.60. The third-order valence-corrected chi connectivity index (χ3v) is 11.3. The van der Waals surface area contributed by atoms with Crippen molar-refractivity contribution < 1.29 is 5.11 Å². The van der Waals surface area contributed by atoms with Crippen LogP contribution in [0.1, 0.15) is 104 Å². The third kappa shape index (κ3) is 5.04. The van der Waals surface area contributed by atoms with E-state index in [4.69, 9.17) is 0 Å². The number of rotatable bonds is 7. The minimum absolute atomic E-state index is 0.271. The van der Waals surface area contributed by atoms with Crippen LogP contribution in [0.5, 0.6) is 0 Å². The van der Waals surface area contributed by atoms with Gasteiger partial charge in [0.1, 0.15) is 0 Å². The summed E-state index contributed by atoms with van der Waals surface area (Å²) in [5.74, 6) is 2.76. The van der Waals surface area contributed by atoms with Crippen LogP contribution in [0.4, 0.5) is 0 Å². The molecule has 4 aliphatic rings. The van der Waals surface area contributed by atoms with Gasteiger partial charge in [0.15, 0.2) is 0 Å². The van der Waals surface area contributed by atoms with Crippen molar-refractivity contribution in [1.82, 2.24) is 13.9 Å². The summed E-state index contributed by atoms with van der Waals surface area (Å²) in [5.41, 5.74) is 4.21. The second-order valence-electron chi connectivity index (χ2n) is 14.2. The largest absolute Gasteiger partial charge is 0.393 e. The highest BCUT2D eigenvalue weighted by molar-refractivity contribution is 5.35. The number of hydrogen-bond donors (Lipinski definition) is 1. The van der Waals surface area contributed by atoms with E-state index < -0.39 is 0 Å². The highest BCUT2D eigenvalue weighted by Gasteiger charge is 2.51. The van der Waals surface area contributed by atoms with Crippen molar-refractivity contribution in [3.63, 3.8) is 0 Å². The minimum Gasteiger partial charge on any atom is -0.393 e. The number of benzene rings is 1. The van der Waals surface area contributed by atoms with Gasteiger partial charge in [0.25, 0.3) is 0 Å². The summed E-state index contributed by atoms with van der Waals surface area (Å²) in [6.07, 6.45) is 14.0. The summed E-state index contributed by atoms with van der Waals surface area (Å²) >= 11 is 0. The summed E-state index contributed by atoms with van der Waals surface area (Å²) in [6.45, 7) is 10.1. The molecular formula is C35H49N3O3. The molecule has 41 heavy (non-hydrogen) atoms. The van der Waals surface area contributed by atoms with Gasteiger partial charge < -0.3 is 5.11 Å². The lowest BCUT2D eigenvalue weighted by Gasteiger charge is -2.45. The average molecular weight is 560 g/mol. The Bertz CT molecular complexity index is 1440. The molecule has 0 radical (unpaired) electrons. The van der Waals surface area contributed by atoms with E-state index in [9.17, 15) is 14.7 Å². The minimum atomic E-state index is -0.390. The zero-order valence-corrected chi connectivity index (χ0v) is 25.5. The molecule has 6 nitrogen and oxygen atoms in total. The lowest BCUT2D eigenvalue weighted by molar-refractivity contribution is 0.0922. The number of aromatic nitrogens is 3. The molecule has 0 spiro atoms. The normalized spacial score (nSPS) is 31.3. The standard InChI is InChI=1S/C35H49N3O3/c1-23(2)10-8-11-24(3)30-17-18-31-25(12-9-19-35(30,31)4)20-32-29-21-28(39)16-15-26(29)22-36-33(40)37(34(41)38(32)36)27-13-6-5-7-14-27/h5-7,13-14,20,23-24,28,30-32,39H,8-12,15-19,21-22H2,1-4H3/b25-20-/t24-,28+,30-,31+,32+,35-/m1/s1. The predicted molar refractivity (Wildman–Crippen MR) is 164 cm³/mol. The molecule has 0 saturated heterocycles. The Labute approximate surface area is 244 Å². The molecule has 222 valence electrons. The van der Waals surface area contributed by atoms with Gasteiger partial charge in [-0.1, -0.05) is 76.8 Å². The lowest BCUT2D eigenvalue weighted by Crippen LogP contribution is -2.39. The van der Waals surface area contributed by atoms with Crippen LogP contribution in [0.2, 0.25) is 0 Å². The first-order chi connectivity index (χ1) is 19.7. The van der Waals surface area contributed by atoms with Crippen molar-refractivity contribution in [2.45, 2.75) is 117 Å². The number of para-hydroxylation sites is 1. The molecule has 6 atom stereocenters. The Morgan fingerprint density at radius 3 is 2.56 bits per heavy atom. The molecule has 2 heterocycles. The van der Waals surface area contributed by atoms with Crippen LogP contribution >= 0.6 is 0 Å². The van der Waals surface area contributed by atoms with Crippen molar-refractivity contribution in [3.05, 3.63) is 74.1 Å². The van der Waals surface area contributed by atoms with E-state index in [1.165, 1.54) is 60.7 Å². The first kappa shape index (κ1) is 28.5. The second kappa shape index (κ2) is 11.2. The van der Waals surface area contributed by atoms with Gasteiger partial charge in [-0.05, 0) is 104 Å². The number of nitrogens with zero attached hydrogens (tertiary/aromatic N) is 3. The monoisotopic (exact) mass is 559 g/mol. The Morgan fingerprint density at radius 2 is 1.80 bits per heavy atom. The number of aliphatic hydroxyl groups excluding tert-OH is 1. The fourth-order valence-electron chi connectivity index (χ4n) is 9.18. The molecule has 1 N–H and O–H groups in total. The summed E-state index contributed by atoms with van der Waals surface area (Å²) in [7, 11) is 0. The molecule has 2 fully saturated rings. The van der Waals surface area contributed by atoms with Crippen LogP contribution in [-0.4, -0.2) is 25.1 Å². The molecule has 2 aromatic rings. The molecule has 2 saturated carbocycles. The van der Waals surface area contributed by atoms with Crippen molar-refractivity contribution in [3.8, 4) is 5.69 Å². The van der Waals surface area contributed by atoms with Crippen LogP contribution < -0.4 is 11.4 Å². The number of hydrogen-bond acceptors (Lipinski definition) is 3. The van der Waals surface area contributed by atoms with Crippen molar-refractivity contribution >= 4 is 0 Å². The second-order valence-corrected chi connectivity index (χ2v) is 14.2. The van der Waals surface area contributed by atoms with Crippen LogP contribution in [0.15, 0.2) is 62.7 Å². The topological polar surface area (TPSA) is 69.2 Å². The van der Waals surface area contributed by atoms with Gasteiger partial charge in [-0.25, -0.2) is 23.5 Å². The van der Waals surface area contributed by atoms with Crippen LogP contribution in [0, 0.1) is 29.1 Å². The van der Waals surface area contributed by atoms with Gasteiger partial charge in [0, 0.05) is 0 Å². The Kier molecular flexibility index (Phi) is 7.82. The summed E-state index contributed by atoms with van der Waals surface area (Å²) in [5, 5.41) is 10.7. The van der Waals surface area contributed by atoms with Gasteiger partial charge in [-0.15, -0.1) is 0 Å². The van der Waals surface area contributed by atoms with Gasteiger partial charge in [-0.3, -0.25) is 0 Å². The van der Waals surface area contributed by atoms with Crippen molar-refractivity contribution in [1.29, 1.82) is 0 Å². The molecule has 1 aliphatic heterocycles. The zero-order valence-electron chi connectivity index (χ0n) is 25.5. The molecule has 6 rings (SSSR count).